The Kier molecular flexibility index (Phi) is 13.9. The Bertz CT molecular complexity index is 1410. The third-order valence-electron chi connectivity index (χ3n) is 11.2. The lowest BCUT2D eigenvalue weighted by atomic mass is 9.74. The number of esters is 1. The van der Waals surface area contributed by atoms with Gasteiger partial charge in [0.1, 0.15) is 23.7 Å². The summed E-state index contributed by atoms with van der Waals surface area (Å²) in [5, 5.41) is 11.4. The summed E-state index contributed by atoms with van der Waals surface area (Å²) < 4.78 is 37.2. The van der Waals surface area contributed by atoms with Crippen molar-refractivity contribution in [3.05, 3.63) is 36.2 Å². The third-order valence-corrected chi connectivity index (χ3v) is 11.2. The fourth-order valence-electron chi connectivity index (χ4n) is 8.47. The minimum absolute atomic E-state index is 0.0950. The minimum atomic E-state index is -1.32. The predicted octanol–water partition coefficient (Wildman–Crippen LogP) is 4.80. The molecule has 1 aromatic heterocycles. The predicted molar refractivity (Wildman–Crippen MR) is 193 cm³/mol. The number of Topliss-reactive ketones (excluding diaryl/α,β-unsaturated/α-hetero) is 1. The van der Waals surface area contributed by atoms with Crippen LogP contribution in [0.3, 0.4) is 0 Å². The van der Waals surface area contributed by atoms with Crippen LogP contribution in [0.1, 0.15) is 81.1 Å². The standard InChI is InChI=1S/C39H61N3O10/c1-12-30-39(8)33(42(37(46)52-39)18-13-19-48-28-14-16-40-17-15-28)27(6)31(43)25(4)22-38(7,47-11)34(23(2)20-24(3)35(45)50-30)51-36-32(44)29(41(9)10)21-26(5)49-36/h14-17,20,23,25-27,29-30,32-34,36,44H,12-13,18-19,21-22H2,1-11H3/b24-20+/t23-,25+,26+,27-,29-,30+,32+,33+,34+,36-,38+,39+/m0/s1. The molecule has 0 saturated carbocycles. The van der Waals surface area contributed by atoms with Gasteiger partial charge in [-0.3, -0.25) is 9.78 Å². The number of rotatable bonds is 10. The van der Waals surface area contributed by atoms with E-state index in [0.717, 1.165) is 0 Å². The Morgan fingerprint density at radius 2 is 1.77 bits per heavy atom. The molecular formula is C39H61N3O10. The highest BCUT2D eigenvalue weighted by Crippen LogP contribution is 2.43. The second-order valence-electron chi connectivity index (χ2n) is 15.5. The molecule has 0 spiro atoms. The van der Waals surface area contributed by atoms with Gasteiger partial charge in [0, 0.05) is 55.4 Å². The highest BCUT2D eigenvalue weighted by molar-refractivity contribution is 5.88. The lowest BCUT2D eigenvalue weighted by Gasteiger charge is -2.47. The number of ether oxygens (including phenoxy) is 6. The first kappa shape index (κ1) is 41.7. The maximum atomic E-state index is 14.6. The number of pyridine rings is 1. The van der Waals surface area contributed by atoms with Crippen molar-refractivity contribution in [2.45, 2.75) is 135 Å². The van der Waals surface area contributed by atoms with E-state index in [1.54, 1.807) is 56.5 Å². The van der Waals surface area contributed by atoms with Gasteiger partial charge in [0.2, 0.25) is 0 Å². The summed E-state index contributed by atoms with van der Waals surface area (Å²) in [6.45, 7) is 15.3. The number of fused-ring (bicyclic) bond motifs is 1. The Balaban J connectivity index is 1.70. The number of hydrogen-bond acceptors (Lipinski definition) is 12. The molecule has 1 N–H and O–H groups in total. The first-order valence-electron chi connectivity index (χ1n) is 18.6. The van der Waals surface area contributed by atoms with Gasteiger partial charge in [-0.05, 0) is 79.6 Å². The molecule has 3 aliphatic rings. The van der Waals surface area contributed by atoms with Crippen molar-refractivity contribution < 1.29 is 47.9 Å². The largest absolute Gasteiger partial charge is 0.493 e. The number of aliphatic hydroxyl groups is 1. The van der Waals surface area contributed by atoms with Crippen molar-refractivity contribution in [3.63, 3.8) is 0 Å². The molecule has 4 rings (SSSR count). The molecule has 3 aliphatic heterocycles. The van der Waals surface area contributed by atoms with Crippen LogP contribution >= 0.6 is 0 Å². The van der Waals surface area contributed by atoms with E-state index in [2.05, 4.69) is 4.98 Å². The van der Waals surface area contributed by atoms with Crippen LogP contribution in [0.5, 0.6) is 5.75 Å². The maximum Gasteiger partial charge on any atom is 0.410 e. The van der Waals surface area contributed by atoms with Crippen LogP contribution < -0.4 is 4.74 Å². The SMILES string of the molecule is CC[C@H]1OC(=O)/C(C)=C/[C@H](C)[C@@H](O[C@@H]2O[C@H](C)C[C@H](N(C)C)[C@H]2O)[C@](C)(OC)C[C@@H](C)C(=O)[C@H](C)[C@H]2N(CCCOc3ccncc3)C(=O)O[C@]12C. The Morgan fingerprint density at radius 1 is 1.10 bits per heavy atom. The van der Waals surface area contributed by atoms with E-state index >= 15 is 0 Å². The van der Waals surface area contributed by atoms with E-state index in [0.29, 0.717) is 37.2 Å². The van der Waals surface area contributed by atoms with Gasteiger partial charge in [-0.15, -0.1) is 0 Å². The molecule has 1 amide bonds. The Labute approximate surface area is 309 Å². The monoisotopic (exact) mass is 731 g/mol. The highest BCUT2D eigenvalue weighted by atomic mass is 16.7. The molecule has 292 valence electrons. The van der Waals surface area contributed by atoms with Gasteiger partial charge in [-0.25, -0.2) is 9.59 Å². The number of methoxy groups -OCH3 is 1. The number of amides is 1. The Hall–Kier alpha value is -3.10. The number of carbonyl (C=O) groups is 3. The third kappa shape index (κ3) is 8.98. The van der Waals surface area contributed by atoms with Gasteiger partial charge in [0.25, 0.3) is 0 Å². The van der Waals surface area contributed by atoms with E-state index in [1.165, 1.54) is 0 Å². The molecule has 13 nitrogen and oxygen atoms in total. The number of hydrogen-bond donors (Lipinski definition) is 1. The molecule has 0 radical (unpaired) electrons. The minimum Gasteiger partial charge on any atom is -0.493 e. The van der Waals surface area contributed by atoms with Gasteiger partial charge in [-0.2, -0.15) is 0 Å². The number of nitrogens with zero attached hydrogens (tertiary/aromatic N) is 3. The summed E-state index contributed by atoms with van der Waals surface area (Å²) >= 11 is 0. The molecule has 0 aliphatic carbocycles. The van der Waals surface area contributed by atoms with E-state index in [4.69, 9.17) is 28.4 Å². The van der Waals surface area contributed by atoms with Crippen molar-refractivity contribution in [3.8, 4) is 5.75 Å². The van der Waals surface area contributed by atoms with Crippen molar-refractivity contribution in [2.24, 2.45) is 17.8 Å². The van der Waals surface area contributed by atoms with Crippen molar-refractivity contribution in [1.29, 1.82) is 0 Å². The number of ketones is 1. The van der Waals surface area contributed by atoms with E-state index in [-0.39, 0.29) is 30.9 Å². The summed E-state index contributed by atoms with van der Waals surface area (Å²) in [7, 11) is 5.39. The topological polar surface area (TPSA) is 146 Å². The summed E-state index contributed by atoms with van der Waals surface area (Å²) in [6, 6.07) is 2.57. The molecular weight excluding hydrogens is 670 g/mol. The second-order valence-corrected chi connectivity index (χ2v) is 15.5. The van der Waals surface area contributed by atoms with Gasteiger partial charge in [0.05, 0.1) is 30.5 Å². The lowest BCUT2D eigenvalue weighted by molar-refractivity contribution is -0.294. The highest BCUT2D eigenvalue weighted by Gasteiger charge is 2.60. The first-order chi connectivity index (χ1) is 24.5. The normalized spacial score (nSPS) is 38.9. The first-order valence-corrected chi connectivity index (χ1v) is 18.6. The van der Waals surface area contributed by atoms with Crippen molar-refractivity contribution in [1.82, 2.24) is 14.8 Å². The Morgan fingerprint density at radius 3 is 2.38 bits per heavy atom. The van der Waals surface area contributed by atoms with Crippen LogP contribution in [0.25, 0.3) is 0 Å². The number of likely N-dealkylation sites (N-methyl/N-ethyl adjacent to an activating group) is 1. The van der Waals surface area contributed by atoms with Crippen LogP contribution in [0.2, 0.25) is 0 Å². The molecule has 12 atom stereocenters. The summed E-state index contributed by atoms with van der Waals surface area (Å²) in [4.78, 5) is 49.6. The van der Waals surface area contributed by atoms with Crippen molar-refractivity contribution in [2.75, 3.05) is 34.4 Å². The summed E-state index contributed by atoms with van der Waals surface area (Å²) in [5.74, 6) is -1.70. The van der Waals surface area contributed by atoms with Crippen LogP contribution in [0, 0.1) is 17.8 Å². The van der Waals surface area contributed by atoms with Crippen LogP contribution in [-0.4, -0.2) is 126 Å². The molecule has 1 aromatic rings. The number of cyclic esters (lactones) is 1. The average molecular weight is 732 g/mol. The molecule has 13 heteroatoms. The fraction of sp³-hybridized carbons (Fsp3) is 0.744. The fourth-order valence-corrected chi connectivity index (χ4v) is 8.47. The zero-order chi connectivity index (χ0) is 38.5. The second kappa shape index (κ2) is 17.4. The zero-order valence-corrected chi connectivity index (χ0v) is 32.9. The van der Waals surface area contributed by atoms with Gasteiger partial charge in [0.15, 0.2) is 11.9 Å². The van der Waals surface area contributed by atoms with Gasteiger partial charge in [-0.1, -0.05) is 33.8 Å². The molecule has 52 heavy (non-hydrogen) atoms. The molecule has 0 aromatic carbocycles. The van der Waals surface area contributed by atoms with E-state index in [9.17, 15) is 19.5 Å². The van der Waals surface area contributed by atoms with E-state index in [1.807, 2.05) is 60.5 Å². The summed E-state index contributed by atoms with van der Waals surface area (Å²) in [6.07, 6.45) is 2.48. The quantitative estimate of drug-likeness (QED) is 0.261. The van der Waals surface area contributed by atoms with Crippen molar-refractivity contribution >= 4 is 17.8 Å². The average Bonchev–Trinajstić information content (AvgIpc) is 3.36. The molecule has 0 bridgehead atoms. The number of carbonyl (C=O) groups excluding carboxylic acids is 3. The zero-order valence-electron chi connectivity index (χ0n) is 32.9. The van der Waals surface area contributed by atoms with Crippen LogP contribution in [-0.2, 0) is 33.3 Å². The number of aromatic nitrogens is 1. The smallest absolute Gasteiger partial charge is 0.410 e. The van der Waals surface area contributed by atoms with Gasteiger partial charge < -0.3 is 43.3 Å². The maximum absolute atomic E-state index is 14.6. The van der Waals surface area contributed by atoms with Gasteiger partial charge >= 0.3 is 12.1 Å². The number of aliphatic hydroxyl groups excluding tert-OH is 1. The molecule has 2 fully saturated rings. The molecule has 2 saturated heterocycles. The molecule has 0 unspecified atom stereocenters. The van der Waals surface area contributed by atoms with Crippen LogP contribution in [0.15, 0.2) is 36.2 Å². The van der Waals surface area contributed by atoms with E-state index < -0.39 is 71.7 Å². The lowest BCUT2D eigenvalue weighted by Crippen LogP contribution is -2.59. The summed E-state index contributed by atoms with van der Waals surface area (Å²) in [5.41, 5.74) is -2.05. The van der Waals surface area contributed by atoms with Crippen LogP contribution in [0.4, 0.5) is 4.79 Å². The molecule has 4 heterocycles.